The summed E-state index contributed by atoms with van der Waals surface area (Å²) in [5.41, 5.74) is 0.885. The summed E-state index contributed by atoms with van der Waals surface area (Å²) in [6.45, 7) is -4.63. The molecule has 0 unspecified atom stereocenters. The Labute approximate surface area is 166 Å². The van der Waals surface area contributed by atoms with E-state index >= 15 is 0 Å². The number of hydrogen-bond acceptors (Lipinski definition) is 5. The van der Waals surface area contributed by atoms with Crippen molar-refractivity contribution in [2.45, 2.75) is 57.6 Å². The molecule has 27 heavy (non-hydrogen) atoms. The minimum absolute atomic E-state index is 0.111. The first kappa shape index (κ1) is 14.6. The van der Waals surface area contributed by atoms with E-state index in [9.17, 15) is 19.5 Å². The first-order valence-electron chi connectivity index (χ1n) is 11.4. The zero-order valence-corrected chi connectivity index (χ0v) is 15.2. The van der Waals surface area contributed by atoms with Gasteiger partial charge in [-0.15, -0.1) is 0 Å². The number of esters is 1. The molecule has 2 N–H and O–H groups in total. The van der Waals surface area contributed by atoms with E-state index in [-0.39, 0.29) is 13.0 Å². The molecule has 0 aromatic heterocycles. The number of aliphatic carboxylic acids is 1. The Balaban J connectivity index is 2.14. The molecule has 0 saturated carbocycles. The van der Waals surface area contributed by atoms with Crippen molar-refractivity contribution in [1.29, 1.82) is 0 Å². The van der Waals surface area contributed by atoms with Crippen molar-refractivity contribution in [2.75, 3.05) is 13.1 Å². The Kier molecular flexibility index (Phi) is 5.45. The van der Waals surface area contributed by atoms with Gasteiger partial charge in [-0.05, 0) is 45.0 Å². The minimum Gasteiger partial charge on any atom is -0.480 e. The molecule has 1 aliphatic heterocycles. The molecule has 1 fully saturated rings. The van der Waals surface area contributed by atoms with Crippen molar-refractivity contribution in [2.24, 2.45) is 0 Å². The highest BCUT2D eigenvalue weighted by molar-refractivity contribution is 5.88. The summed E-state index contributed by atoms with van der Waals surface area (Å²) in [6, 6.07) is 6.03. The fourth-order valence-electron chi connectivity index (χ4n) is 3.26. The quantitative estimate of drug-likeness (QED) is 0.631. The molecule has 1 heterocycles. The molecule has 1 aromatic carbocycles. The predicted molar refractivity (Wildman–Crippen MR) is 100 cm³/mol. The third kappa shape index (κ3) is 5.79. The van der Waals surface area contributed by atoms with Gasteiger partial charge in [0.25, 0.3) is 0 Å². The summed E-state index contributed by atoms with van der Waals surface area (Å²) >= 11 is 0. The maximum atomic E-state index is 12.8. The van der Waals surface area contributed by atoms with Gasteiger partial charge in [0.05, 0.1) is 15.3 Å². The van der Waals surface area contributed by atoms with Gasteiger partial charge in [0.2, 0.25) is 5.91 Å². The minimum atomic E-state index is -3.20. The number of aryl methyl sites for hydroxylation is 1. The Morgan fingerprint density at radius 2 is 2.15 bits per heavy atom. The van der Waals surface area contributed by atoms with Crippen LogP contribution >= 0.6 is 0 Å². The first-order valence-corrected chi connectivity index (χ1v) is 8.89. The Bertz CT molecular complexity index is 818. The highest BCUT2D eigenvalue weighted by Gasteiger charge is 2.36. The fourth-order valence-corrected chi connectivity index (χ4v) is 3.26. The fraction of sp³-hybridized carbons (Fsp3) is 0.550. The van der Waals surface area contributed by atoms with E-state index < -0.39 is 49.4 Å². The maximum Gasteiger partial charge on any atom is 0.326 e. The molecule has 1 amide bonds. The van der Waals surface area contributed by atoms with Crippen molar-refractivity contribution >= 4 is 17.8 Å². The standard InChI is InChI=1S/C20H28N2O5/c1-3-27-20(26)16(12-11-15-8-5-4-6-9-15)21-14(2)18(23)22-13-7-10-17(22)19(24)25/h4-6,8-9,14,16-17,21H,3,7,10-13H2,1-2H3,(H,24,25)/t14-,16-,17-/m0/s1/i1D3,3D2. The van der Waals surface area contributed by atoms with Crippen LogP contribution in [0.25, 0.3) is 0 Å². The second-order valence-corrected chi connectivity index (χ2v) is 6.52. The van der Waals surface area contributed by atoms with Gasteiger partial charge >= 0.3 is 11.9 Å². The normalized spacial score (nSPS) is 22.5. The molecule has 0 aliphatic carbocycles. The number of nitrogens with one attached hydrogen (secondary N) is 1. The molecule has 1 aliphatic rings. The average Bonchev–Trinajstić information content (AvgIpc) is 3.20. The smallest absolute Gasteiger partial charge is 0.326 e. The van der Waals surface area contributed by atoms with Crippen LogP contribution in [-0.2, 0) is 25.5 Å². The van der Waals surface area contributed by atoms with Gasteiger partial charge in [-0.3, -0.25) is 14.9 Å². The van der Waals surface area contributed by atoms with Crippen molar-refractivity contribution in [3.05, 3.63) is 35.9 Å². The number of likely N-dealkylation sites (tertiary alicyclic amines) is 1. The van der Waals surface area contributed by atoms with E-state index in [1.54, 1.807) is 0 Å². The van der Waals surface area contributed by atoms with Crippen molar-refractivity contribution in [1.82, 2.24) is 10.2 Å². The van der Waals surface area contributed by atoms with Crippen LogP contribution in [0.1, 0.15) is 45.5 Å². The van der Waals surface area contributed by atoms with Gasteiger partial charge in [-0.1, -0.05) is 30.3 Å². The molecular formula is C20H28N2O5. The molecule has 1 aromatic rings. The number of carbonyl (C=O) groups is 3. The largest absolute Gasteiger partial charge is 0.480 e. The van der Waals surface area contributed by atoms with Crippen LogP contribution in [0.3, 0.4) is 0 Å². The Morgan fingerprint density at radius 1 is 1.41 bits per heavy atom. The zero-order chi connectivity index (χ0) is 24.1. The second kappa shape index (κ2) is 10.1. The van der Waals surface area contributed by atoms with Crippen LogP contribution in [0.5, 0.6) is 0 Å². The number of ether oxygens (including phenoxy) is 1. The van der Waals surface area contributed by atoms with E-state index in [1.807, 2.05) is 30.3 Å². The number of carboxylic acid groups (broad SMARTS) is 1. The van der Waals surface area contributed by atoms with Gasteiger partial charge in [0, 0.05) is 10.7 Å². The van der Waals surface area contributed by atoms with Gasteiger partial charge in [-0.2, -0.15) is 0 Å². The number of nitrogens with zero attached hydrogens (tertiary/aromatic N) is 1. The van der Waals surface area contributed by atoms with Crippen LogP contribution in [-0.4, -0.2) is 59.1 Å². The molecule has 0 bridgehead atoms. The van der Waals surface area contributed by atoms with Gasteiger partial charge < -0.3 is 14.7 Å². The zero-order valence-electron chi connectivity index (χ0n) is 20.2. The van der Waals surface area contributed by atoms with E-state index in [1.165, 1.54) is 11.8 Å². The van der Waals surface area contributed by atoms with Crippen LogP contribution < -0.4 is 5.32 Å². The third-order valence-electron chi connectivity index (χ3n) is 4.64. The molecule has 148 valence electrons. The average molecular weight is 381 g/mol. The number of carbonyl (C=O) groups excluding carboxylic acids is 2. The number of rotatable bonds is 9. The highest BCUT2D eigenvalue weighted by Crippen LogP contribution is 2.19. The molecule has 1 saturated heterocycles. The molecular weight excluding hydrogens is 348 g/mol. The number of carboxylic acids is 1. The van der Waals surface area contributed by atoms with Crippen molar-refractivity contribution in [3.63, 3.8) is 0 Å². The van der Waals surface area contributed by atoms with Crippen LogP contribution in [0.4, 0.5) is 0 Å². The molecule has 0 spiro atoms. The summed E-state index contributed by atoms with van der Waals surface area (Å²) < 4.78 is 41.5. The van der Waals surface area contributed by atoms with E-state index in [4.69, 9.17) is 6.85 Å². The summed E-state index contributed by atoms with van der Waals surface area (Å²) in [5.74, 6) is -2.75. The first-order chi connectivity index (χ1) is 14.8. The molecule has 7 nitrogen and oxygen atoms in total. The number of hydrogen-bond donors (Lipinski definition) is 2. The number of amides is 1. The van der Waals surface area contributed by atoms with E-state index in [2.05, 4.69) is 10.1 Å². The number of benzene rings is 1. The van der Waals surface area contributed by atoms with Gasteiger partial charge in [0.15, 0.2) is 0 Å². The maximum absolute atomic E-state index is 12.8. The van der Waals surface area contributed by atoms with Crippen molar-refractivity contribution < 1.29 is 31.1 Å². The lowest BCUT2D eigenvalue weighted by molar-refractivity contribution is -0.150. The molecule has 2 rings (SSSR count). The summed E-state index contributed by atoms with van der Waals surface area (Å²) in [6.07, 6.45) is 1.38. The topological polar surface area (TPSA) is 95.9 Å². The summed E-state index contributed by atoms with van der Waals surface area (Å²) in [5, 5.41) is 12.1. The second-order valence-electron chi connectivity index (χ2n) is 6.52. The highest BCUT2D eigenvalue weighted by atomic mass is 16.5. The van der Waals surface area contributed by atoms with E-state index in [0.29, 0.717) is 19.3 Å². The monoisotopic (exact) mass is 381 g/mol. The van der Waals surface area contributed by atoms with E-state index in [0.717, 1.165) is 5.56 Å². The Morgan fingerprint density at radius 3 is 2.81 bits per heavy atom. The summed E-state index contributed by atoms with van der Waals surface area (Å²) in [4.78, 5) is 38.1. The third-order valence-corrected chi connectivity index (χ3v) is 4.64. The molecule has 0 radical (unpaired) electrons. The van der Waals surface area contributed by atoms with Gasteiger partial charge in [-0.25, -0.2) is 4.79 Å². The molecule has 3 atom stereocenters. The lowest BCUT2D eigenvalue weighted by Crippen LogP contribution is -2.53. The predicted octanol–water partition coefficient (Wildman–Crippen LogP) is 1.60. The van der Waals surface area contributed by atoms with Crippen molar-refractivity contribution in [3.8, 4) is 0 Å². The summed E-state index contributed by atoms with van der Waals surface area (Å²) in [7, 11) is 0. The van der Waals surface area contributed by atoms with Gasteiger partial charge in [0.1, 0.15) is 12.1 Å². The van der Waals surface area contributed by atoms with Crippen LogP contribution in [0.2, 0.25) is 0 Å². The molecule has 7 heteroatoms. The van der Waals surface area contributed by atoms with Crippen LogP contribution in [0, 0.1) is 0 Å². The SMILES string of the molecule is [2H]C([2H])([2H])C([2H])([2H])OC(=O)[C@H](CCc1ccccc1)N[C@@H](C)C(=O)N1CCC[C@H]1C(=O)O. The van der Waals surface area contributed by atoms with Crippen LogP contribution in [0.15, 0.2) is 30.3 Å². The lowest BCUT2D eigenvalue weighted by Gasteiger charge is -2.27. The lowest BCUT2D eigenvalue weighted by atomic mass is 10.0. The Hall–Kier alpha value is -2.41.